The van der Waals surface area contributed by atoms with Gasteiger partial charge in [0.1, 0.15) is 0 Å². The molecule has 0 aliphatic carbocycles. The number of esters is 1. The summed E-state index contributed by atoms with van der Waals surface area (Å²) in [6, 6.07) is 0. The van der Waals surface area contributed by atoms with Crippen molar-refractivity contribution in [2.75, 3.05) is 7.11 Å². The molecule has 0 bridgehead atoms. The number of unbranched alkanes of at least 4 members (excludes halogenated alkanes) is 4. The van der Waals surface area contributed by atoms with Crippen molar-refractivity contribution in [3.05, 3.63) is 12.7 Å². The first kappa shape index (κ1) is 21.7. The van der Waals surface area contributed by atoms with Crippen LogP contribution in [0.1, 0.15) is 48.3 Å². The summed E-state index contributed by atoms with van der Waals surface area (Å²) in [7, 11) is 1.31. The smallest absolute Gasteiger partial charge is 1.00 e. The summed E-state index contributed by atoms with van der Waals surface area (Å²) in [5.41, 5.74) is 0. The molecule has 0 aromatic carbocycles. The third kappa shape index (κ3) is 25.6. The van der Waals surface area contributed by atoms with Crippen molar-refractivity contribution in [2.45, 2.75) is 45.4 Å². The zero-order valence-electron chi connectivity index (χ0n) is 12.9. The molecular weight excluding hydrogens is 232 g/mol. The van der Waals surface area contributed by atoms with Crippen LogP contribution in [0.25, 0.3) is 0 Å². The Morgan fingerprint density at radius 2 is 1.82 bits per heavy atom. The van der Waals surface area contributed by atoms with Crippen LogP contribution < -0.4 is 0 Å². The molecular formula is C12H24MgO4. The Morgan fingerprint density at radius 1 is 1.29 bits per heavy atom. The number of aliphatic carboxylic acids is 1. The summed E-state index contributed by atoms with van der Waals surface area (Å²) < 4.78 is 4.14. The Labute approximate surface area is 123 Å². The molecule has 0 aliphatic rings. The molecule has 0 saturated carbocycles. The van der Waals surface area contributed by atoms with E-state index in [1.165, 1.54) is 26.4 Å². The molecule has 0 aliphatic heterocycles. The Hall–Kier alpha value is -0.554. The molecule has 0 aromatic rings. The van der Waals surface area contributed by atoms with Gasteiger partial charge in [-0.25, -0.2) is 4.79 Å². The third-order valence-electron chi connectivity index (χ3n) is 1.86. The van der Waals surface area contributed by atoms with E-state index in [-0.39, 0.29) is 25.9 Å². The van der Waals surface area contributed by atoms with Gasteiger partial charge in [0.15, 0.2) is 0 Å². The zero-order chi connectivity index (χ0) is 12.8. The molecule has 98 valence electrons. The fourth-order valence-corrected chi connectivity index (χ4v) is 0.963. The molecule has 0 spiro atoms. The minimum Gasteiger partial charge on any atom is -1.00 e. The van der Waals surface area contributed by atoms with Gasteiger partial charge >= 0.3 is 35.0 Å². The van der Waals surface area contributed by atoms with E-state index in [4.69, 9.17) is 5.11 Å². The van der Waals surface area contributed by atoms with Gasteiger partial charge in [0.2, 0.25) is 0 Å². The maximum absolute atomic E-state index is 10.0. The molecule has 0 unspecified atom stereocenters. The molecule has 0 amide bonds. The second-order valence-corrected chi connectivity index (χ2v) is 3.29. The normalized spacial score (nSPS) is 8.12. The van der Waals surface area contributed by atoms with Gasteiger partial charge in [0, 0.05) is 12.5 Å². The van der Waals surface area contributed by atoms with Crippen LogP contribution >= 0.6 is 0 Å². The van der Waals surface area contributed by atoms with E-state index in [2.05, 4.69) is 18.2 Å². The largest absolute Gasteiger partial charge is 2.00 e. The first-order valence-electron chi connectivity index (χ1n) is 5.50. The standard InChI is InChI=1S/C8H16O2.C4H6O2.Mg.2H/c1-2-3-4-5-6-7-8(9)10;1-3-4(5)6-2;;;/h2-7H2,1H3,(H,9,10);3H,1H2,2H3;;;/q;;+2;2*-1. The number of rotatable bonds is 7. The summed E-state index contributed by atoms with van der Waals surface area (Å²) >= 11 is 0. The SMILES string of the molecule is C=CC(=O)OC.CCCCCCCC(=O)O.[H-].[H-].[Mg+2]. The summed E-state index contributed by atoms with van der Waals surface area (Å²) in [6.45, 7) is 5.31. The van der Waals surface area contributed by atoms with E-state index in [9.17, 15) is 9.59 Å². The van der Waals surface area contributed by atoms with Gasteiger partial charge in [-0.1, -0.05) is 39.2 Å². The van der Waals surface area contributed by atoms with Crippen molar-refractivity contribution in [1.29, 1.82) is 0 Å². The van der Waals surface area contributed by atoms with Crippen molar-refractivity contribution >= 4 is 35.0 Å². The van der Waals surface area contributed by atoms with Crippen LogP contribution in [0.5, 0.6) is 0 Å². The van der Waals surface area contributed by atoms with Gasteiger partial charge in [-0.15, -0.1) is 0 Å². The minimum absolute atomic E-state index is 0. The zero-order valence-corrected chi connectivity index (χ0v) is 12.3. The number of carboxylic acid groups (broad SMARTS) is 1. The van der Waals surface area contributed by atoms with Gasteiger partial charge in [0.25, 0.3) is 0 Å². The first-order chi connectivity index (χ1) is 7.58. The summed E-state index contributed by atoms with van der Waals surface area (Å²) in [5.74, 6) is -1.06. The Morgan fingerprint density at radius 3 is 2.12 bits per heavy atom. The van der Waals surface area contributed by atoms with Crippen molar-refractivity contribution in [3.8, 4) is 0 Å². The fourth-order valence-electron chi connectivity index (χ4n) is 0.963. The van der Waals surface area contributed by atoms with Crippen molar-refractivity contribution in [1.82, 2.24) is 0 Å². The van der Waals surface area contributed by atoms with E-state index in [0.29, 0.717) is 6.42 Å². The molecule has 4 nitrogen and oxygen atoms in total. The third-order valence-corrected chi connectivity index (χ3v) is 1.86. The van der Waals surface area contributed by atoms with Crippen LogP contribution in [0.3, 0.4) is 0 Å². The maximum Gasteiger partial charge on any atom is 2.00 e. The molecule has 17 heavy (non-hydrogen) atoms. The van der Waals surface area contributed by atoms with Gasteiger partial charge in [0.05, 0.1) is 7.11 Å². The number of hydrogen-bond acceptors (Lipinski definition) is 3. The van der Waals surface area contributed by atoms with E-state index in [0.717, 1.165) is 18.9 Å². The average Bonchev–Trinajstić information content (AvgIpc) is 2.28. The molecule has 0 aromatic heterocycles. The van der Waals surface area contributed by atoms with Gasteiger partial charge < -0.3 is 12.7 Å². The van der Waals surface area contributed by atoms with Crippen LogP contribution in [0.15, 0.2) is 12.7 Å². The topological polar surface area (TPSA) is 63.6 Å². The first-order valence-corrected chi connectivity index (χ1v) is 5.50. The Balaban J connectivity index is -0.0000000646. The Bertz CT molecular complexity index is 214. The summed E-state index contributed by atoms with van der Waals surface area (Å²) in [6.07, 6.45) is 7.00. The number of ether oxygens (including phenoxy) is 1. The van der Waals surface area contributed by atoms with Crippen LogP contribution in [0.4, 0.5) is 0 Å². The van der Waals surface area contributed by atoms with E-state index < -0.39 is 11.9 Å². The number of carbonyl (C=O) groups is 2. The second kappa shape index (κ2) is 17.8. The molecule has 5 heteroatoms. The maximum atomic E-state index is 10.0. The van der Waals surface area contributed by atoms with E-state index in [1.807, 2.05) is 0 Å². The van der Waals surface area contributed by atoms with Crippen LogP contribution in [-0.2, 0) is 14.3 Å². The average molecular weight is 257 g/mol. The number of hydrogen-bond donors (Lipinski definition) is 1. The fraction of sp³-hybridized carbons (Fsp3) is 0.667. The number of carbonyl (C=O) groups excluding carboxylic acids is 1. The molecule has 0 fully saturated rings. The van der Waals surface area contributed by atoms with Crippen molar-refractivity contribution in [3.63, 3.8) is 0 Å². The molecule has 0 radical (unpaired) electrons. The molecule has 0 heterocycles. The number of methoxy groups -OCH3 is 1. The van der Waals surface area contributed by atoms with E-state index in [1.54, 1.807) is 0 Å². The van der Waals surface area contributed by atoms with Crippen molar-refractivity contribution in [2.24, 2.45) is 0 Å². The predicted octanol–water partition coefficient (Wildman–Crippen LogP) is 2.62. The summed E-state index contributed by atoms with van der Waals surface area (Å²) in [4.78, 5) is 19.9. The molecule has 0 rings (SSSR count). The minimum atomic E-state index is -0.670. The summed E-state index contributed by atoms with van der Waals surface area (Å²) in [5, 5.41) is 8.27. The monoisotopic (exact) mass is 256 g/mol. The van der Waals surface area contributed by atoms with Crippen LogP contribution in [0.2, 0.25) is 0 Å². The van der Waals surface area contributed by atoms with Crippen molar-refractivity contribution < 1.29 is 22.3 Å². The van der Waals surface area contributed by atoms with Gasteiger partial charge in [-0.05, 0) is 6.42 Å². The molecule has 0 atom stereocenters. The van der Waals surface area contributed by atoms with E-state index >= 15 is 0 Å². The Kier molecular flexibility index (Phi) is 22.8. The quantitative estimate of drug-likeness (QED) is 0.329. The van der Waals surface area contributed by atoms with Gasteiger partial charge in [-0.2, -0.15) is 0 Å². The van der Waals surface area contributed by atoms with Gasteiger partial charge in [-0.3, -0.25) is 4.79 Å². The van der Waals surface area contributed by atoms with Crippen LogP contribution in [-0.4, -0.2) is 47.2 Å². The second-order valence-electron chi connectivity index (χ2n) is 3.29. The molecule has 0 saturated heterocycles. The molecule has 1 N–H and O–H groups in total. The predicted molar refractivity (Wildman–Crippen MR) is 71.2 cm³/mol. The number of carboxylic acids is 1. The van der Waals surface area contributed by atoms with Crippen LogP contribution in [0, 0.1) is 0 Å².